The van der Waals surface area contributed by atoms with Crippen LogP contribution in [0.25, 0.3) is 0 Å². The van der Waals surface area contributed by atoms with Crippen LogP contribution in [0.5, 0.6) is 0 Å². The van der Waals surface area contributed by atoms with Gasteiger partial charge in [-0.15, -0.1) is 0 Å². The summed E-state index contributed by atoms with van der Waals surface area (Å²) in [5, 5.41) is 3.28. The van der Waals surface area contributed by atoms with Gasteiger partial charge in [0.1, 0.15) is 5.82 Å². The molecule has 0 saturated carbocycles. The first-order valence-corrected chi connectivity index (χ1v) is 5.14. The fourth-order valence-corrected chi connectivity index (χ4v) is 2.24. The van der Waals surface area contributed by atoms with Crippen molar-refractivity contribution in [3.8, 4) is 0 Å². The van der Waals surface area contributed by atoms with Crippen molar-refractivity contribution >= 4 is 5.69 Å². The molecule has 0 amide bonds. The molecular weight excluding hydrogens is 177 g/mol. The molecule has 0 fully saturated rings. The highest BCUT2D eigenvalue weighted by Gasteiger charge is 2.28. The first kappa shape index (κ1) is 9.50. The summed E-state index contributed by atoms with van der Waals surface area (Å²) >= 11 is 0. The van der Waals surface area contributed by atoms with Gasteiger partial charge in [-0.2, -0.15) is 0 Å². The number of nitrogens with one attached hydrogen (secondary N) is 1. The van der Waals surface area contributed by atoms with Gasteiger partial charge in [0.05, 0.1) is 0 Å². The minimum Gasteiger partial charge on any atom is -0.385 e. The Kier molecular flexibility index (Phi) is 2.22. The van der Waals surface area contributed by atoms with E-state index in [-0.39, 0.29) is 11.2 Å². The van der Waals surface area contributed by atoms with Crippen LogP contribution in [-0.2, 0) is 5.41 Å². The van der Waals surface area contributed by atoms with Gasteiger partial charge in [0, 0.05) is 17.8 Å². The number of fused-ring (bicyclic) bond motifs is 1. The van der Waals surface area contributed by atoms with E-state index in [1.54, 1.807) is 12.1 Å². The van der Waals surface area contributed by atoms with Gasteiger partial charge in [-0.3, -0.25) is 0 Å². The minimum atomic E-state index is -0.0816. The Hall–Kier alpha value is -1.05. The maximum Gasteiger partial charge on any atom is 0.129 e. The molecule has 0 aliphatic carbocycles. The maximum absolute atomic E-state index is 13.7. The highest BCUT2D eigenvalue weighted by atomic mass is 19.1. The second-order valence-electron chi connectivity index (χ2n) is 4.58. The predicted octanol–water partition coefficient (Wildman–Crippen LogP) is 3.31. The van der Waals surface area contributed by atoms with Crippen LogP contribution in [0, 0.1) is 5.82 Å². The van der Waals surface area contributed by atoms with Gasteiger partial charge in [-0.05, 0) is 30.4 Å². The third-order valence-corrected chi connectivity index (χ3v) is 2.98. The Morgan fingerprint density at radius 2 is 2.14 bits per heavy atom. The molecule has 1 nitrogen and oxygen atoms in total. The molecule has 1 heterocycles. The van der Waals surface area contributed by atoms with E-state index in [9.17, 15) is 4.39 Å². The molecule has 0 atom stereocenters. The van der Waals surface area contributed by atoms with Crippen LogP contribution >= 0.6 is 0 Å². The van der Waals surface area contributed by atoms with Crippen LogP contribution in [0.4, 0.5) is 10.1 Å². The lowest BCUT2D eigenvalue weighted by atomic mass is 9.80. The van der Waals surface area contributed by atoms with E-state index >= 15 is 0 Å². The summed E-state index contributed by atoms with van der Waals surface area (Å²) in [6.07, 6.45) is 2.13. The van der Waals surface area contributed by atoms with E-state index in [0.717, 1.165) is 30.6 Å². The molecule has 2 rings (SSSR count). The molecule has 0 bridgehead atoms. The van der Waals surface area contributed by atoms with Crippen LogP contribution in [0.15, 0.2) is 18.2 Å². The lowest BCUT2D eigenvalue weighted by molar-refractivity contribution is 0.451. The van der Waals surface area contributed by atoms with E-state index in [2.05, 4.69) is 19.2 Å². The van der Waals surface area contributed by atoms with E-state index in [4.69, 9.17) is 0 Å². The molecule has 1 aliphatic heterocycles. The van der Waals surface area contributed by atoms with Crippen molar-refractivity contribution in [2.45, 2.75) is 32.1 Å². The van der Waals surface area contributed by atoms with Crippen molar-refractivity contribution < 1.29 is 4.39 Å². The Bertz CT molecular complexity index is 344. The minimum absolute atomic E-state index is 0.0514. The maximum atomic E-state index is 13.7. The average molecular weight is 193 g/mol. The van der Waals surface area contributed by atoms with Crippen molar-refractivity contribution in [2.24, 2.45) is 0 Å². The highest BCUT2D eigenvalue weighted by molar-refractivity contribution is 5.55. The van der Waals surface area contributed by atoms with Crippen molar-refractivity contribution in [1.29, 1.82) is 0 Å². The molecule has 2 heteroatoms. The summed E-state index contributed by atoms with van der Waals surface area (Å²) in [5.41, 5.74) is 1.76. The van der Waals surface area contributed by atoms with Crippen LogP contribution < -0.4 is 5.32 Å². The van der Waals surface area contributed by atoms with Crippen molar-refractivity contribution in [1.82, 2.24) is 0 Å². The number of rotatable bonds is 0. The topological polar surface area (TPSA) is 12.0 Å². The molecule has 1 aromatic carbocycles. The third kappa shape index (κ3) is 1.49. The average Bonchev–Trinajstić information content (AvgIpc) is 2.25. The molecular formula is C12H16FN. The van der Waals surface area contributed by atoms with Crippen LogP contribution in [0.2, 0.25) is 0 Å². The zero-order chi connectivity index (χ0) is 10.2. The Morgan fingerprint density at radius 3 is 2.93 bits per heavy atom. The van der Waals surface area contributed by atoms with Gasteiger partial charge in [0.25, 0.3) is 0 Å². The molecule has 76 valence electrons. The molecule has 14 heavy (non-hydrogen) atoms. The summed E-state index contributed by atoms with van der Waals surface area (Å²) in [5.74, 6) is -0.0816. The zero-order valence-corrected chi connectivity index (χ0v) is 8.73. The molecule has 1 aliphatic rings. The fourth-order valence-electron chi connectivity index (χ4n) is 2.24. The lowest BCUT2D eigenvalue weighted by Gasteiger charge is -2.25. The SMILES string of the molecule is CC1(C)CCCNc2cccc(F)c21. The summed E-state index contributed by atoms with van der Waals surface area (Å²) in [6.45, 7) is 5.17. The smallest absolute Gasteiger partial charge is 0.129 e. The van der Waals surface area contributed by atoms with Crippen LogP contribution in [-0.4, -0.2) is 6.54 Å². The first-order chi connectivity index (χ1) is 6.61. The largest absolute Gasteiger partial charge is 0.385 e. The van der Waals surface area contributed by atoms with E-state index in [1.165, 1.54) is 0 Å². The van der Waals surface area contributed by atoms with E-state index in [1.807, 2.05) is 6.07 Å². The molecule has 0 saturated heterocycles. The van der Waals surface area contributed by atoms with Gasteiger partial charge in [-0.25, -0.2) is 4.39 Å². The Balaban J connectivity index is 2.58. The Morgan fingerprint density at radius 1 is 1.36 bits per heavy atom. The molecule has 0 radical (unpaired) electrons. The lowest BCUT2D eigenvalue weighted by Crippen LogP contribution is -2.18. The van der Waals surface area contributed by atoms with Gasteiger partial charge >= 0.3 is 0 Å². The summed E-state index contributed by atoms with van der Waals surface area (Å²) < 4.78 is 13.7. The molecule has 1 aromatic rings. The standard InChI is InChI=1S/C12H16FN/c1-12(2)7-4-8-14-10-6-3-5-9(13)11(10)12/h3,5-6,14H,4,7-8H2,1-2H3. The molecule has 0 spiro atoms. The van der Waals surface area contributed by atoms with Crippen LogP contribution in [0.1, 0.15) is 32.3 Å². The van der Waals surface area contributed by atoms with Crippen molar-refractivity contribution in [2.75, 3.05) is 11.9 Å². The number of benzene rings is 1. The summed E-state index contributed by atoms with van der Waals surface area (Å²) in [4.78, 5) is 0. The fraction of sp³-hybridized carbons (Fsp3) is 0.500. The summed E-state index contributed by atoms with van der Waals surface area (Å²) in [7, 11) is 0. The monoisotopic (exact) mass is 193 g/mol. The number of halogens is 1. The van der Waals surface area contributed by atoms with Crippen molar-refractivity contribution in [3.63, 3.8) is 0 Å². The summed E-state index contributed by atoms with van der Waals surface area (Å²) in [6, 6.07) is 5.28. The third-order valence-electron chi connectivity index (χ3n) is 2.98. The highest BCUT2D eigenvalue weighted by Crippen LogP contribution is 2.37. The number of anilines is 1. The normalized spacial score (nSPS) is 19.4. The van der Waals surface area contributed by atoms with E-state index < -0.39 is 0 Å². The Labute approximate surface area is 84.3 Å². The second-order valence-corrected chi connectivity index (χ2v) is 4.58. The number of hydrogen-bond acceptors (Lipinski definition) is 1. The van der Waals surface area contributed by atoms with Gasteiger partial charge in [0.15, 0.2) is 0 Å². The van der Waals surface area contributed by atoms with Gasteiger partial charge in [-0.1, -0.05) is 19.9 Å². The van der Waals surface area contributed by atoms with Gasteiger partial charge in [0.2, 0.25) is 0 Å². The van der Waals surface area contributed by atoms with Crippen LogP contribution in [0.3, 0.4) is 0 Å². The molecule has 0 aromatic heterocycles. The molecule has 1 N–H and O–H groups in total. The predicted molar refractivity (Wildman–Crippen MR) is 57.1 cm³/mol. The zero-order valence-electron chi connectivity index (χ0n) is 8.73. The van der Waals surface area contributed by atoms with Crippen molar-refractivity contribution in [3.05, 3.63) is 29.6 Å². The first-order valence-electron chi connectivity index (χ1n) is 5.14. The van der Waals surface area contributed by atoms with Gasteiger partial charge < -0.3 is 5.32 Å². The quantitative estimate of drug-likeness (QED) is 0.666. The number of hydrogen-bond donors (Lipinski definition) is 1. The molecule has 0 unspecified atom stereocenters. The second kappa shape index (κ2) is 3.26. The van der Waals surface area contributed by atoms with E-state index in [0.29, 0.717) is 0 Å².